The maximum atomic E-state index is 10.6. The van der Waals surface area contributed by atoms with Crippen molar-refractivity contribution in [1.82, 2.24) is 5.32 Å². The molecule has 16 heavy (non-hydrogen) atoms. The van der Waals surface area contributed by atoms with Gasteiger partial charge in [0.1, 0.15) is 0 Å². The summed E-state index contributed by atoms with van der Waals surface area (Å²) < 4.78 is 5.30. The van der Waals surface area contributed by atoms with Crippen LogP contribution in [0.5, 0.6) is 0 Å². The summed E-state index contributed by atoms with van der Waals surface area (Å²) in [5.41, 5.74) is 0. The molecule has 1 saturated heterocycles. The number of hydrogen-bond acceptors (Lipinski definition) is 3. The lowest BCUT2D eigenvalue weighted by molar-refractivity contribution is -0.141. The molecule has 0 aromatic rings. The first-order valence-corrected chi connectivity index (χ1v) is 6.21. The highest BCUT2D eigenvalue weighted by Gasteiger charge is 2.13. The molecule has 1 heterocycles. The number of carbonyl (C=O) groups is 1. The molecule has 0 radical (unpaired) electrons. The molecule has 0 bridgehead atoms. The van der Waals surface area contributed by atoms with Crippen LogP contribution in [0.1, 0.15) is 32.6 Å². The number of rotatable bonds is 7. The lowest BCUT2D eigenvalue weighted by Crippen LogP contribution is -2.25. The molecule has 0 aromatic heterocycles. The Morgan fingerprint density at radius 3 is 2.75 bits per heavy atom. The van der Waals surface area contributed by atoms with Gasteiger partial charge in [-0.2, -0.15) is 0 Å². The van der Waals surface area contributed by atoms with Crippen molar-refractivity contribution in [3.05, 3.63) is 0 Å². The second kappa shape index (κ2) is 7.63. The van der Waals surface area contributed by atoms with Crippen molar-refractivity contribution in [2.24, 2.45) is 11.8 Å². The van der Waals surface area contributed by atoms with Crippen LogP contribution in [0.25, 0.3) is 0 Å². The van der Waals surface area contributed by atoms with E-state index in [9.17, 15) is 4.79 Å². The van der Waals surface area contributed by atoms with Gasteiger partial charge < -0.3 is 15.2 Å². The largest absolute Gasteiger partial charge is 0.481 e. The summed E-state index contributed by atoms with van der Waals surface area (Å²) in [5, 5.41) is 12.0. The molecular weight excluding hydrogens is 206 g/mol. The van der Waals surface area contributed by atoms with E-state index in [0.29, 0.717) is 6.42 Å². The summed E-state index contributed by atoms with van der Waals surface area (Å²) in [6.45, 7) is 5.36. The molecule has 0 saturated carbocycles. The lowest BCUT2D eigenvalue weighted by atomic mass is 9.97. The Kier molecular flexibility index (Phi) is 6.42. The summed E-state index contributed by atoms with van der Waals surface area (Å²) in [6.07, 6.45) is 4.24. The van der Waals surface area contributed by atoms with Crippen LogP contribution in [0, 0.1) is 11.8 Å². The normalized spacial score (nSPS) is 19.6. The molecule has 0 aromatic carbocycles. The first kappa shape index (κ1) is 13.5. The molecule has 4 heteroatoms. The zero-order chi connectivity index (χ0) is 11.8. The summed E-state index contributed by atoms with van der Waals surface area (Å²) in [6, 6.07) is 0. The van der Waals surface area contributed by atoms with Gasteiger partial charge in [-0.1, -0.05) is 6.92 Å². The first-order chi connectivity index (χ1) is 7.70. The maximum Gasteiger partial charge on any atom is 0.306 e. The third kappa shape index (κ3) is 5.47. The summed E-state index contributed by atoms with van der Waals surface area (Å²) in [5.74, 6) is -0.153. The van der Waals surface area contributed by atoms with Crippen LogP contribution in [0.2, 0.25) is 0 Å². The van der Waals surface area contributed by atoms with Crippen molar-refractivity contribution in [2.45, 2.75) is 32.6 Å². The fraction of sp³-hybridized carbons (Fsp3) is 0.917. The van der Waals surface area contributed by atoms with Gasteiger partial charge in [0.25, 0.3) is 0 Å². The molecule has 0 aliphatic carbocycles. The second-order valence-corrected chi connectivity index (χ2v) is 4.62. The molecule has 94 valence electrons. The minimum absolute atomic E-state index is 0.240. The zero-order valence-corrected chi connectivity index (χ0v) is 10.1. The number of carboxylic acid groups (broad SMARTS) is 1. The average molecular weight is 229 g/mol. The van der Waals surface area contributed by atoms with Crippen LogP contribution in [-0.4, -0.2) is 37.4 Å². The highest BCUT2D eigenvalue weighted by atomic mass is 16.5. The van der Waals surface area contributed by atoms with Crippen LogP contribution in [0.15, 0.2) is 0 Å². The van der Waals surface area contributed by atoms with Gasteiger partial charge in [-0.3, -0.25) is 4.79 Å². The number of ether oxygens (including phenoxy) is 1. The third-order valence-electron chi connectivity index (χ3n) is 3.25. The van der Waals surface area contributed by atoms with E-state index < -0.39 is 5.97 Å². The van der Waals surface area contributed by atoms with Crippen molar-refractivity contribution >= 4 is 5.97 Å². The number of aliphatic carboxylic acids is 1. The highest BCUT2D eigenvalue weighted by Crippen LogP contribution is 2.17. The molecule has 1 aliphatic rings. The van der Waals surface area contributed by atoms with E-state index in [2.05, 4.69) is 5.32 Å². The van der Waals surface area contributed by atoms with Gasteiger partial charge in [-0.05, 0) is 44.7 Å². The van der Waals surface area contributed by atoms with Crippen molar-refractivity contribution < 1.29 is 14.6 Å². The van der Waals surface area contributed by atoms with Gasteiger partial charge in [0.05, 0.1) is 5.92 Å². The topological polar surface area (TPSA) is 58.6 Å². The molecule has 0 spiro atoms. The highest BCUT2D eigenvalue weighted by molar-refractivity contribution is 5.69. The molecule has 1 aliphatic heterocycles. The van der Waals surface area contributed by atoms with E-state index >= 15 is 0 Å². The van der Waals surface area contributed by atoms with Crippen LogP contribution < -0.4 is 5.32 Å². The molecular formula is C12H23NO3. The molecule has 2 N–H and O–H groups in total. The maximum absolute atomic E-state index is 10.6. The van der Waals surface area contributed by atoms with Crippen LogP contribution in [0.3, 0.4) is 0 Å². The molecule has 0 amide bonds. The Hall–Kier alpha value is -0.610. The Morgan fingerprint density at radius 2 is 2.12 bits per heavy atom. The van der Waals surface area contributed by atoms with Crippen LogP contribution in [0.4, 0.5) is 0 Å². The molecule has 1 unspecified atom stereocenters. The van der Waals surface area contributed by atoms with Gasteiger partial charge in [0.15, 0.2) is 0 Å². The van der Waals surface area contributed by atoms with Crippen LogP contribution >= 0.6 is 0 Å². The number of nitrogens with one attached hydrogen (secondary N) is 1. The van der Waals surface area contributed by atoms with Crippen molar-refractivity contribution in [1.29, 1.82) is 0 Å². The minimum atomic E-state index is -0.703. The molecule has 1 atom stereocenters. The van der Waals surface area contributed by atoms with Gasteiger partial charge in [0, 0.05) is 13.2 Å². The molecule has 4 nitrogen and oxygen atoms in total. The van der Waals surface area contributed by atoms with E-state index in [1.165, 1.54) is 19.3 Å². The molecule has 1 rings (SSSR count). The predicted octanol–water partition coefficient (Wildman–Crippen LogP) is 1.50. The Labute approximate surface area is 97.4 Å². The summed E-state index contributed by atoms with van der Waals surface area (Å²) in [7, 11) is 0. The number of hydrogen-bond donors (Lipinski definition) is 2. The Balaban J connectivity index is 1.93. The summed E-state index contributed by atoms with van der Waals surface area (Å²) >= 11 is 0. The van der Waals surface area contributed by atoms with Crippen molar-refractivity contribution in [2.75, 3.05) is 26.3 Å². The van der Waals surface area contributed by atoms with E-state index in [1.807, 2.05) is 0 Å². The van der Waals surface area contributed by atoms with Gasteiger partial charge in [0.2, 0.25) is 0 Å². The van der Waals surface area contributed by atoms with E-state index in [1.54, 1.807) is 6.92 Å². The SMILES string of the molecule is CC(CCNCCC1CCOCC1)C(=O)O. The number of carboxylic acids is 1. The van der Waals surface area contributed by atoms with Gasteiger partial charge in [-0.25, -0.2) is 0 Å². The van der Waals surface area contributed by atoms with E-state index in [0.717, 1.165) is 32.2 Å². The first-order valence-electron chi connectivity index (χ1n) is 6.21. The quantitative estimate of drug-likeness (QED) is 0.650. The third-order valence-corrected chi connectivity index (χ3v) is 3.25. The lowest BCUT2D eigenvalue weighted by Gasteiger charge is -2.21. The zero-order valence-electron chi connectivity index (χ0n) is 10.1. The molecule has 1 fully saturated rings. The fourth-order valence-corrected chi connectivity index (χ4v) is 1.91. The summed E-state index contributed by atoms with van der Waals surface area (Å²) in [4.78, 5) is 10.6. The van der Waals surface area contributed by atoms with Crippen molar-refractivity contribution in [3.8, 4) is 0 Å². The smallest absolute Gasteiger partial charge is 0.306 e. The van der Waals surface area contributed by atoms with E-state index in [-0.39, 0.29) is 5.92 Å². The fourth-order valence-electron chi connectivity index (χ4n) is 1.91. The Bertz CT molecular complexity index is 202. The standard InChI is InChI=1S/C12H23NO3/c1-10(12(14)15)2-6-13-7-3-11-4-8-16-9-5-11/h10-11,13H,2-9H2,1H3,(H,14,15). The van der Waals surface area contributed by atoms with Gasteiger partial charge in [-0.15, -0.1) is 0 Å². The van der Waals surface area contributed by atoms with Crippen LogP contribution in [-0.2, 0) is 9.53 Å². The second-order valence-electron chi connectivity index (χ2n) is 4.62. The van der Waals surface area contributed by atoms with E-state index in [4.69, 9.17) is 9.84 Å². The average Bonchev–Trinajstić information content (AvgIpc) is 2.29. The predicted molar refractivity (Wildman–Crippen MR) is 62.4 cm³/mol. The monoisotopic (exact) mass is 229 g/mol. The van der Waals surface area contributed by atoms with Gasteiger partial charge >= 0.3 is 5.97 Å². The van der Waals surface area contributed by atoms with Crippen molar-refractivity contribution in [3.63, 3.8) is 0 Å². The Morgan fingerprint density at radius 1 is 1.44 bits per heavy atom. The minimum Gasteiger partial charge on any atom is -0.481 e.